The molecule has 1 amide bonds. The molecule has 0 radical (unpaired) electrons. The maximum atomic E-state index is 12.6. The number of rotatable bonds is 7. The molecule has 0 saturated carbocycles. The summed E-state index contributed by atoms with van der Waals surface area (Å²) in [5, 5.41) is 14.7. The highest BCUT2D eigenvalue weighted by Gasteiger charge is 2.14. The summed E-state index contributed by atoms with van der Waals surface area (Å²) in [5.41, 5.74) is 4.98. The van der Waals surface area contributed by atoms with Gasteiger partial charge >= 0.3 is 0 Å². The van der Waals surface area contributed by atoms with Crippen LogP contribution in [-0.2, 0) is 11.3 Å². The normalized spacial score (nSPS) is 11.3. The van der Waals surface area contributed by atoms with Gasteiger partial charge in [0.2, 0.25) is 5.91 Å². The van der Waals surface area contributed by atoms with Gasteiger partial charge in [-0.1, -0.05) is 18.2 Å². The molecule has 0 spiro atoms. The first-order chi connectivity index (χ1) is 17.6. The van der Waals surface area contributed by atoms with E-state index in [0.29, 0.717) is 11.5 Å². The largest absolute Gasteiger partial charge is 0.508 e. The third-order valence-electron chi connectivity index (χ3n) is 5.99. The first-order valence-corrected chi connectivity index (χ1v) is 11.4. The van der Waals surface area contributed by atoms with E-state index in [9.17, 15) is 9.90 Å². The molecule has 0 unspecified atom stereocenters. The highest BCUT2D eigenvalue weighted by Crippen LogP contribution is 2.33. The third-order valence-corrected chi connectivity index (χ3v) is 5.99. The Morgan fingerprint density at radius 3 is 2.58 bits per heavy atom. The Kier molecular flexibility index (Phi) is 6.28. The predicted molar refractivity (Wildman–Crippen MR) is 141 cm³/mol. The number of benzene rings is 3. The van der Waals surface area contributed by atoms with Crippen LogP contribution in [0.3, 0.4) is 0 Å². The number of ether oxygens (including phenoxy) is 2. The number of fused-ring (bicyclic) bond motifs is 3. The van der Waals surface area contributed by atoms with Crippen molar-refractivity contribution in [2.45, 2.75) is 6.54 Å². The van der Waals surface area contributed by atoms with Crippen molar-refractivity contribution in [2.75, 3.05) is 14.2 Å². The highest BCUT2D eigenvalue weighted by atomic mass is 16.5. The zero-order valence-corrected chi connectivity index (χ0v) is 19.9. The van der Waals surface area contributed by atoms with Crippen LogP contribution in [0.25, 0.3) is 39.1 Å². The number of nitrogens with zero attached hydrogens (tertiary/aromatic N) is 1. The Morgan fingerprint density at radius 2 is 1.81 bits per heavy atom. The maximum absolute atomic E-state index is 12.6. The summed E-state index contributed by atoms with van der Waals surface area (Å²) in [5.74, 6) is 1.25. The minimum absolute atomic E-state index is 0.189. The van der Waals surface area contributed by atoms with Crippen molar-refractivity contribution in [2.24, 2.45) is 0 Å². The van der Waals surface area contributed by atoms with E-state index in [2.05, 4.69) is 16.4 Å². The van der Waals surface area contributed by atoms with E-state index in [1.54, 1.807) is 50.6 Å². The van der Waals surface area contributed by atoms with E-state index in [-0.39, 0.29) is 18.2 Å². The zero-order chi connectivity index (χ0) is 25.1. The second-order valence-corrected chi connectivity index (χ2v) is 8.26. The number of para-hydroxylation sites is 1. The van der Waals surface area contributed by atoms with Crippen LogP contribution in [0.5, 0.6) is 17.2 Å². The summed E-state index contributed by atoms with van der Waals surface area (Å²) in [6.07, 6.45) is 3.15. The SMILES string of the molecule is COc1ccc(OC)c(/C=C/C(=O)NCc2cc3c([nH]c4ccccc43)c(-c3ccc(O)cc3)n2)c1. The molecule has 0 saturated heterocycles. The van der Waals surface area contributed by atoms with E-state index >= 15 is 0 Å². The summed E-state index contributed by atoms with van der Waals surface area (Å²) in [7, 11) is 3.17. The number of carbonyl (C=O) groups excluding carboxylic acids is 1. The fourth-order valence-corrected chi connectivity index (χ4v) is 4.19. The number of H-pyrrole nitrogens is 1. The van der Waals surface area contributed by atoms with Crippen LogP contribution in [0.1, 0.15) is 11.3 Å². The molecule has 0 fully saturated rings. The van der Waals surface area contributed by atoms with Crippen LogP contribution in [0.15, 0.2) is 78.9 Å². The average Bonchev–Trinajstić information content (AvgIpc) is 3.29. The fourth-order valence-electron chi connectivity index (χ4n) is 4.19. The Labute approximate surface area is 208 Å². The third kappa shape index (κ3) is 4.59. The van der Waals surface area contributed by atoms with E-state index in [1.165, 1.54) is 6.08 Å². The standard InChI is InChI=1S/C29H25N3O4/c1-35-22-12-13-26(36-2)19(15-22)9-14-27(34)30-17-20-16-24-23-5-3-4-6-25(23)32-29(24)28(31-20)18-7-10-21(33)11-8-18/h3-16,32-33H,17H2,1-2H3,(H,30,34)/b14-9+. The monoisotopic (exact) mass is 479 g/mol. The number of hydrogen-bond acceptors (Lipinski definition) is 5. The highest BCUT2D eigenvalue weighted by molar-refractivity contribution is 6.11. The molecule has 180 valence electrons. The van der Waals surface area contributed by atoms with Gasteiger partial charge in [0.05, 0.1) is 37.7 Å². The molecule has 36 heavy (non-hydrogen) atoms. The van der Waals surface area contributed by atoms with Crippen molar-refractivity contribution in [3.8, 4) is 28.5 Å². The number of phenolic OH excluding ortho intramolecular Hbond substituents is 1. The number of pyridine rings is 1. The average molecular weight is 480 g/mol. The number of aromatic nitrogens is 2. The molecule has 0 atom stereocenters. The molecule has 3 aromatic carbocycles. The summed E-state index contributed by atoms with van der Waals surface area (Å²) in [4.78, 5) is 20.9. The molecule has 0 aliphatic rings. The van der Waals surface area contributed by atoms with Gasteiger partial charge in [-0.15, -0.1) is 0 Å². The Balaban J connectivity index is 1.44. The molecule has 7 nitrogen and oxygen atoms in total. The van der Waals surface area contributed by atoms with Gasteiger partial charge in [0, 0.05) is 33.5 Å². The van der Waals surface area contributed by atoms with Gasteiger partial charge in [-0.25, -0.2) is 4.98 Å². The van der Waals surface area contributed by atoms with Crippen molar-refractivity contribution in [1.29, 1.82) is 0 Å². The number of phenols is 1. The van der Waals surface area contributed by atoms with Gasteiger partial charge < -0.3 is 24.9 Å². The van der Waals surface area contributed by atoms with Crippen LogP contribution in [0.2, 0.25) is 0 Å². The van der Waals surface area contributed by atoms with Gasteiger partial charge in [0.15, 0.2) is 0 Å². The summed E-state index contributed by atoms with van der Waals surface area (Å²) in [6, 6.07) is 22.4. The quantitative estimate of drug-likeness (QED) is 0.270. The lowest BCUT2D eigenvalue weighted by atomic mass is 10.1. The molecule has 2 aromatic heterocycles. The molecule has 5 rings (SSSR count). The molecule has 2 heterocycles. The number of methoxy groups -OCH3 is 2. The smallest absolute Gasteiger partial charge is 0.244 e. The second kappa shape index (κ2) is 9.84. The van der Waals surface area contributed by atoms with Crippen LogP contribution >= 0.6 is 0 Å². The van der Waals surface area contributed by atoms with Crippen LogP contribution in [0.4, 0.5) is 0 Å². The van der Waals surface area contributed by atoms with Gasteiger partial charge in [-0.05, 0) is 60.7 Å². The first-order valence-electron chi connectivity index (χ1n) is 11.4. The number of nitrogens with one attached hydrogen (secondary N) is 2. The topological polar surface area (TPSA) is 96.5 Å². The van der Waals surface area contributed by atoms with E-state index < -0.39 is 0 Å². The molecular formula is C29H25N3O4. The zero-order valence-electron chi connectivity index (χ0n) is 19.9. The maximum Gasteiger partial charge on any atom is 0.244 e. The minimum atomic E-state index is -0.258. The molecule has 0 aliphatic carbocycles. The van der Waals surface area contributed by atoms with Crippen LogP contribution in [0, 0.1) is 0 Å². The molecular weight excluding hydrogens is 454 g/mol. The van der Waals surface area contributed by atoms with Crippen LogP contribution in [-0.4, -0.2) is 35.2 Å². The number of amides is 1. The number of aromatic hydroxyl groups is 1. The Bertz CT molecular complexity index is 1590. The van der Waals surface area contributed by atoms with Crippen molar-refractivity contribution < 1.29 is 19.4 Å². The lowest BCUT2D eigenvalue weighted by Gasteiger charge is -2.09. The minimum Gasteiger partial charge on any atom is -0.508 e. The summed E-state index contributed by atoms with van der Waals surface area (Å²) < 4.78 is 10.6. The van der Waals surface area contributed by atoms with Crippen molar-refractivity contribution >= 4 is 33.8 Å². The lowest BCUT2D eigenvalue weighted by molar-refractivity contribution is -0.116. The van der Waals surface area contributed by atoms with E-state index in [0.717, 1.165) is 44.3 Å². The van der Waals surface area contributed by atoms with E-state index in [1.807, 2.05) is 36.4 Å². The predicted octanol–water partition coefficient (Wildman–Crippen LogP) is 5.44. The molecule has 0 aliphatic heterocycles. The van der Waals surface area contributed by atoms with Gasteiger partial charge in [0.25, 0.3) is 0 Å². The second-order valence-electron chi connectivity index (χ2n) is 8.26. The summed E-state index contributed by atoms with van der Waals surface area (Å²) in [6.45, 7) is 0.249. The lowest BCUT2D eigenvalue weighted by Crippen LogP contribution is -2.21. The Morgan fingerprint density at radius 1 is 1.00 bits per heavy atom. The molecule has 7 heteroatoms. The first kappa shape index (κ1) is 23.0. The fraction of sp³-hybridized carbons (Fsp3) is 0.103. The van der Waals surface area contributed by atoms with Crippen molar-refractivity contribution in [1.82, 2.24) is 15.3 Å². The number of hydrogen-bond donors (Lipinski definition) is 3. The molecule has 5 aromatic rings. The van der Waals surface area contributed by atoms with Gasteiger partial charge in [-0.2, -0.15) is 0 Å². The van der Waals surface area contributed by atoms with Crippen molar-refractivity contribution in [3.63, 3.8) is 0 Å². The van der Waals surface area contributed by atoms with Gasteiger partial charge in [0.1, 0.15) is 17.2 Å². The number of aromatic amines is 1. The Hall–Kier alpha value is -4.78. The van der Waals surface area contributed by atoms with Gasteiger partial charge in [-0.3, -0.25) is 4.79 Å². The van der Waals surface area contributed by atoms with Crippen LogP contribution < -0.4 is 14.8 Å². The summed E-state index contributed by atoms with van der Waals surface area (Å²) >= 11 is 0. The number of carbonyl (C=O) groups is 1. The molecule has 0 bridgehead atoms. The molecule has 3 N–H and O–H groups in total. The van der Waals surface area contributed by atoms with Crippen molar-refractivity contribution in [3.05, 3.63) is 90.1 Å². The van der Waals surface area contributed by atoms with E-state index in [4.69, 9.17) is 14.5 Å².